The van der Waals surface area contributed by atoms with Crippen LogP contribution in [0.3, 0.4) is 0 Å². The molecule has 0 spiro atoms. The van der Waals surface area contributed by atoms with Crippen molar-refractivity contribution >= 4 is 17.9 Å². The maximum absolute atomic E-state index is 11.2. The molecule has 1 aliphatic rings. The second kappa shape index (κ2) is 4.86. The van der Waals surface area contributed by atoms with Crippen molar-refractivity contribution in [1.82, 2.24) is 0 Å². The van der Waals surface area contributed by atoms with Gasteiger partial charge in [0.15, 0.2) is 0 Å². The quantitative estimate of drug-likeness (QED) is 0.368. The number of ether oxygens (including phenoxy) is 1. The Morgan fingerprint density at radius 1 is 1.47 bits per heavy atom. The zero-order valence-corrected chi connectivity index (χ0v) is 9.54. The van der Waals surface area contributed by atoms with E-state index in [1.165, 1.54) is 13.3 Å². The Bertz CT molecular complexity index is 422. The minimum Gasteiger partial charge on any atom is -0.469 e. The maximum Gasteiger partial charge on any atom is 0.312 e. The molecule has 1 saturated heterocycles. The summed E-state index contributed by atoms with van der Waals surface area (Å²) in [6.45, 7) is 1.39. The molecule has 1 aliphatic heterocycles. The number of oxime groups is 1. The van der Waals surface area contributed by atoms with Gasteiger partial charge in [0, 0.05) is 18.8 Å². The van der Waals surface area contributed by atoms with E-state index in [9.17, 15) is 4.79 Å². The van der Waals surface area contributed by atoms with Crippen LogP contribution in [0.1, 0.15) is 5.56 Å². The number of hydrogen-bond donors (Lipinski definition) is 1. The predicted octanol–water partition coefficient (Wildman–Crippen LogP) is 1.10. The normalized spacial score (nSPS) is 15.9. The minimum absolute atomic E-state index is 0.0151. The summed E-state index contributed by atoms with van der Waals surface area (Å²) in [6.07, 6.45) is 1.37. The van der Waals surface area contributed by atoms with Crippen LogP contribution in [0, 0.1) is 5.92 Å². The summed E-state index contributed by atoms with van der Waals surface area (Å²) in [4.78, 5) is 13.3. The summed E-state index contributed by atoms with van der Waals surface area (Å²) in [7, 11) is 1.41. The van der Waals surface area contributed by atoms with E-state index in [4.69, 9.17) is 5.21 Å². The van der Waals surface area contributed by atoms with Gasteiger partial charge in [-0.15, -0.1) is 0 Å². The Morgan fingerprint density at radius 2 is 2.12 bits per heavy atom. The first-order valence-corrected chi connectivity index (χ1v) is 5.35. The zero-order chi connectivity index (χ0) is 12.3. The van der Waals surface area contributed by atoms with Crippen molar-refractivity contribution in [2.24, 2.45) is 11.1 Å². The van der Waals surface area contributed by atoms with Crippen molar-refractivity contribution < 1.29 is 14.7 Å². The molecule has 1 fully saturated rings. The van der Waals surface area contributed by atoms with Gasteiger partial charge in [0.25, 0.3) is 0 Å². The molecule has 1 aromatic rings. The van der Waals surface area contributed by atoms with Gasteiger partial charge in [0.05, 0.1) is 19.2 Å². The van der Waals surface area contributed by atoms with Gasteiger partial charge in [-0.1, -0.05) is 17.3 Å². The highest BCUT2D eigenvalue weighted by molar-refractivity contribution is 5.80. The summed E-state index contributed by atoms with van der Waals surface area (Å²) < 4.78 is 4.68. The monoisotopic (exact) mass is 234 g/mol. The molecule has 5 nitrogen and oxygen atoms in total. The molecule has 1 N–H and O–H groups in total. The van der Waals surface area contributed by atoms with Crippen LogP contribution in [0.15, 0.2) is 29.4 Å². The van der Waals surface area contributed by atoms with E-state index in [1.54, 1.807) is 0 Å². The van der Waals surface area contributed by atoms with Crippen LogP contribution in [-0.4, -0.2) is 37.6 Å². The van der Waals surface area contributed by atoms with Gasteiger partial charge in [0.2, 0.25) is 0 Å². The lowest BCUT2D eigenvalue weighted by Crippen LogP contribution is -2.50. The zero-order valence-electron chi connectivity index (χ0n) is 9.54. The van der Waals surface area contributed by atoms with Gasteiger partial charge in [-0.2, -0.15) is 0 Å². The number of anilines is 1. The molecule has 2 rings (SSSR count). The molecule has 1 aromatic carbocycles. The van der Waals surface area contributed by atoms with Gasteiger partial charge in [-0.05, 0) is 17.7 Å². The molecule has 17 heavy (non-hydrogen) atoms. The van der Waals surface area contributed by atoms with Crippen LogP contribution in [0.2, 0.25) is 0 Å². The van der Waals surface area contributed by atoms with E-state index in [0.29, 0.717) is 13.1 Å². The Kier molecular flexibility index (Phi) is 3.27. The number of rotatable bonds is 3. The maximum atomic E-state index is 11.2. The number of carbonyl (C=O) groups excluding carboxylic acids is 1. The molecule has 0 bridgehead atoms. The fourth-order valence-electron chi connectivity index (χ4n) is 1.84. The van der Waals surface area contributed by atoms with E-state index in [-0.39, 0.29) is 11.9 Å². The molecule has 0 saturated carbocycles. The highest BCUT2D eigenvalue weighted by Crippen LogP contribution is 2.25. The Morgan fingerprint density at radius 3 is 2.65 bits per heavy atom. The first-order chi connectivity index (χ1) is 8.24. The van der Waals surface area contributed by atoms with Crippen LogP contribution in [0.4, 0.5) is 5.69 Å². The van der Waals surface area contributed by atoms with Crippen molar-refractivity contribution in [3.63, 3.8) is 0 Å². The third-order valence-electron chi connectivity index (χ3n) is 2.88. The van der Waals surface area contributed by atoms with Crippen LogP contribution < -0.4 is 4.90 Å². The summed E-state index contributed by atoms with van der Waals surface area (Å²) in [5.74, 6) is -0.163. The lowest BCUT2D eigenvalue weighted by atomic mass is 9.99. The van der Waals surface area contributed by atoms with Crippen molar-refractivity contribution in [3.05, 3.63) is 29.8 Å². The number of hydrogen-bond acceptors (Lipinski definition) is 5. The predicted molar refractivity (Wildman–Crippen MR) is 63.5 cm³/mol. The Labute approximate surface area is 99.3 Å². The molecule has 1 heterocycles. The van der Waals surface area contributed by atoms with Crippen molar-refractivity contribution in [2.75, 3.05) is 25.1 Å². The third kappa shape index (κ3) is 2.38. The smallest absolute Gasteiger partial charge is 0.312 e. The fraction of sp³-hybridized carbons (Fsp3) is 0.333. The molecule has 0 radical (unpaired) electrons. The summed E-state index contributed by atoms with van der Waals surface area (Å²) in [6, 6.07) is 7.59. The van der Waals surface area contributed by atoms with Crippen LogP contribution >= 0.6 is 0 Å². The van der Waals surface area contributed by atoms with Crippen molar-refractivity contribution in [1.29, 1.82) is 0 Å². The first kappa shape index (κ1) is 11.4. The lowest BCUT2D eigenvalue weighted by molar-refractivity contribution is -0.146. The van der Waals surface area contributed by atoms with Gasteiger partial charge >= 0.3 is 5.97 Å². The van der Waals surface area contributed by atoms with Crippen LogP contribution in [0.5, 0.6) is 0 Å². The number of carbonyl (C=O) groups is 1. The number of benzene rings is 1. The molecule has 0 aliphatic carbocycles. The van der Waals surface area contributed by atoms with E-state index in [2.05, 4.69) is 14.8 Å². The summed E-state index contributed by atoms with van der Waals surface area (Å²) >= 11 is 0. The standard InChI is InChI=1S/C12H14N2O3/c1-17-12(15)10-7-14(8-10)11-4-2-9(3-5-11)6-13-16/h2-6,10,16H,7-8H2,1H3/b13-6+. The fourth-order valence-corrected chi connectivity index (χ4v) is 1.84. The molecular weight excluding hydrogens is 220 g/mol. The third-order valence-corrected chi connectivity index (χ3v) is 2.88. The number of methoxy groups -OCH3 is 1. The lowest BCUT2D eigenvalue weighted by Gasteiger charge is -2.39. The molecule has 0 aromatic heterocycles. The second-order valence-corrected chi connectivity index (χ2v) is 3.96. The molecule has 0 atom stereocenters. The topological polar surface area (TPSA) is 62.1 Å². The first-order valence-electron chi connectivity index (χ1n) is 5.35. The van der Waals surface area contributed by atoms with E-state index >= 15 is 0 Å². The SMILES string of the molecule is COC(=O)C1CN(c2ccc(/C=N/O)cc2)C1. The Hall–Kier alpha value is -2.04. The van der Waals surface area contributed by atoms with Gasteiger partial charge in [-0.3, -0.25) is 4.79 Å². The summed E-state index contributed by atoms with van der Waals surface area (Å²) in [5, 5.41) is 11.3. The summed E-state index contributed by atoms with van der Waals surface area (Å²) in [5.41, 5.74) is 1.89. The van der Waals surface area contributed by atoms with Crippen molar-refractivity contribution in [2.45, 2.75) is 0 Å². The molecular formula is C12H14N2O3. The minimum atomic E-state index is -0.148. The highest BCUT2D eigenvalue weighted by Gasteiger charge is 2.33. The molecule has 5 heteroatoms. The average molecular weight is 234 g/mol. The van der Waals surface area contributed by atoms with Crippen LogP contribution in [0.25, 0.3) is 0 Å². The number of esters is 1. The van der Waals surface area contributed by atoms with Crippen molar-refractivity contribution in [3.8, 4) is 0 Å². The number of nitrogens with zero attached hydrogens (tertiary/aromatic N) is 2. The second-order valence-electron chi connectivity index (χ2n) is 3.96. The van der Waals surface area contributed by atoms with E-state index in [1.807, 2.05) is 24.3 Å². The molecule has 90 valence electrons. The molecule has 0 amide bonds. The van der Waals surface area contributed by atoms with E-state index < -0.39 is 0 Å². The highest BCUT2D eigenvalue weighted by atomic mass is 16.5. The van der Waals surface area contributed by atoms with Gasteiger partial charge < -0.3 is 14.8 Å². The van der Waals surface area contributed by atoms with Crippen LogP contribution in [-0.2, 0) is 9.53 Å². The average Bonchev–Trinajstić information content (AvgIpc) is 2.29. The molecule has 0 unspecified atom stereocenters. The van der Waals surface area contributed by atoms with Gasteiger partial charge in [-0.25, -0.2) is 0 Å². The largest absolute Gasteiger partial charge is 0.469 e. The van der Waals surface area contributed by atoms with Gasteiger partial charge in [0.1, 0.15) is 0 Å². The van der Waals surface area contributed by atoms with E-state index in [0.717, 1.165) is 11.3 Å². The Balaban J connectivity index is 1.95.